The normalized spacial score (nSPS) is 11.1. The van der Waals surface area contributed by atoms with Gasteiger partial charge in [0.05, 0.1) is 5.56 Å². The van der Waals surface area contributed by atoms with E-state index in [2.05, 4.69) is 25.0 Å². The third-order valence-electron chi connectivity index (χ3n) is 3.84. The number of benzene rings is 1. The van der Waals surface area contributed by atoms with Crippen molar-refractivity contribution in [2.24, 2.45) is 7.05 Å². The predicted octanol–water partition coefficient (Wildman–Crippen LogP) is 2.49. The number of anilines is 1. The minimum Gasteiger partial charge on any atom is -0.347 e. The van der Waals surface area contributed by atoms with E-state index in [1.165, 1.54) is 0 Å². The van der Waals surface area contributed by atoms with Crippen molar-refractivity contribution in [2.45, 2.75) is 0 Å². The number of nitrogens with one attached hydrogen (secondary N) is 1. The molecule has 4 rings (SSSR count). The Hall–Kier alpha value is -3.22. The highest BCUT2D eigenvalue weighted by atomic mass is 15.3. The van der Waals surface area contributed by atoms with E-state index in [4.69, 9.17) is 0 Å². The summed E-state index contributed by atoms with van der Waals surface area (Å²) in [7, 11) is 5.72. The van der Waals surface area contributed by atoms with E-state index in [-0.39, 0.29) is 0 Å². The number of rotatable bonds is 3. The van der Waals surface area contributed by atoms with Crippen LogP contribution in [0.15, 0.2) is 42.7 Å². The second kappa shape index (κ2) is 5.45. The third-order valence-corrected chi connectivity index (χ3v) is 3.84. The van der Waals surface area contributed by atoms with Crippen molar-refractivity contribution in [3.8, 4) is 22.6 Å². The van der Waals surface area contributed by atoms with Crippen LogP contribution in [0.4, 0.5) is 5.95 Å². The zero-order valence-corrected chi connectivity index (χ0v) is 13.7. The highest BCUT2D eigenvalue weighted by Crippen LogP contribution is 2.28. The number of hydrogen-bond acceptors (Lipinski definition) is 5. The molecule has 1 N–H and O–H groups in total. The second-order valence-electron chi connectivity index (χ2n) is 5.79. The SMILES string of the molecule is CN(C)c1ncc(-c2nc3c([nH]2)c(-c2ccccc2)nn3C)cn1. The molecular formula is C17H17N7. The second-order valence-corrected chi connectivity index (χ2v) is 5.79. The average molecular weight is 319 g/mol. The maximum Gasteiger partial charge on any atom is 0.224 e. The Morgan fingerprint density at radius 1 is 1.00 bits per heavy atom. The van der Waals surface area contributed by atoms with E-state index in [1.54, 1.807) is 17.1 Å². The minimum atomic E-state index is 0.668. The lowest BCUT2D eigenvalue weighted by molar-refractivity contribution is 0.790. The van der Waals surface area contributed by atoms with E-state index >= 15 is 0 Å². The lowest BCUT2D eigenvalue weighted by atomic mass is 10.1. The molecule has 0 atom stereocenters. The number of imidazole rings is 1. The zero-order valence-electron chi connectivity index (χ0n) is 13.7. The van der Waals surface area contributed by atoms with Gasteiger partial charge in [0, 0.05) is 39.1 Å². The first kappa shape index (κ1) is 14.4. The number of aromatic nitrogens is 6. The summed E-state index contributed by atoms with van der Waals surface area (Å²) < 4.78 is 1.78. The molecule has 0 spiro atoms. The molecule has 24 heavy (non-hydrogen) atoms. The van der Waals surface area contributed by atoms with Crippen LogP contribution in [0.3, 0.4) is 0 Å². The topological polar surface area (TPSA) is 75.5 Å². The molecule has 3 aromatic heterocycles. The number of H-pyrrole nitrogens is 1. The summed E-state index contributed by atoms with van der Waals surface area (Å²) >= 11 is 0. The van der Waals surface area contributed by atoms with Crippen molar-refractivity contribution in [3.05, 3.63) is 42.7 Å². The molecule has 0 fully saturated rings. The van der Waals surface area contributed by atoms with Crippen LogP contribution in [0.25, 0.3) is 33.8 Å². The van der Waals surface area contributed by atoms with Crippen LogP contribution < -0.4 is 4.90 Å². The number of hydrogen-bond donors (Lipinski definition) is 1. The predicted molar refractivity (Wildman–Crippen MR) is 93.6 cm³/mol. The largest absolute Gasteiger partial charge is 0.347 e. The minimum absolute atomic E-state index is 0.668. The fourth-order valence-electron chi connectivity index (χ4n) is 2.62. The van der Waals surface area contributed by atoms with Crippen LogP contribution in [-0.2, 0) is 7.05 Å². The van der Waals surface area contributed by atoms with Gasteiger partial charge in [-0.3, -0.25) is 0 Å². The van der Waals surface area contributed by atoms with Crippen molar-refractivity contribution >= 4 is 17.1 Å². The summed E-state index contributed by atoms with van der Waals surface area (Å²) in [4.78, 5) is 18.6. The number of fused-ring (bicyclic) bond motifs is 1. The number of nitrogens with zero attached hydrogens (tertiary/aromatic N) is 6. The van der Waals surface area contributed by atoms with E-state index in [9.17, 15) is 0 Å². The van der Waals surface area contributed by atoms with Crippen LogP contribution in [0.2, 0.25) is 0 Å². The Labute approximate surface area is 139 Å². The maximum absolute atomic E-state index is 4.65. The molecule has 120 valence electrons. The van der Waals surface area contributed by atoms with E-state index in [1.807, 2.05) is 56.4 Å². The molecule has 0 saturated carbocycles. The molecule has 7 nitrogen and oxygen atoms in total. The van der Waals surface area contributed by atoms with Gasteiger partial charge in [-0.05, 0) is 0 Å². The smallest absolute Gasteiger partial charge is 0.224 e. The van der Waals surface area contributed by atoms with Crippen LogP contribution in [0.1, 0.15) is 0 Å². The summed E-state index contributed by atoms with van der Waals surface area (Å²) in [5, 5.41) is 4.58. The van der Waals surface area contributed by atoms with Crippen molar-refractivity contribution in [1.29, 1.82) is 0 Å². The van der Waals surface area contributed by atoms with Gasteiger partial charge >= 0.3 is 0 Å². The standard InChI is InChI=1S/C17H17N7/c1-23(2)17-18-9-12(10-19-17)15-20-14-13(11-7-5-4-6-8-11)22-24(3)16(14)21-15/h4-10H,1-3H3,(H,20,21). The molecule has 0 radical (unpaired) electrons. The fraction of sp³-hybridized carbons (Fsp3) is 0.176. The van der Waals surface area contributed by atoms with Crippen LogP contribution in [-0.4, -0.2) is 43.8 Å². The fourth-order valence-corrected chi connectivity index (χ4v) is 2.62. The summed E-state index contributed by atoms with van der Waals surface area (Å²) in [6, 6.07) is 10.1. The van der Waals surface area contributed by atoms with Gasteiger partial charge in [-0.25, -0.2) is 19.6 Å². The molecule has 1 aromatic carbocycles. The van der Waals surface area contributed by atoms with E-state index in [0.717, 1.165) is 33.8 Å². The van der Waals surface area contributed by atoms with Gasteiger partial charge in [0.15, 0.2) is 5.65 Å². The maximum atomic E-state index is 4.65. The number of aryl methyl sites for hydroxylation is 1. The molecule has 0 bridgehead atoms. The van der Waals surface area contributed by atoms with Gasteiger partial charge in [-0.15, -0.1) is 0 Å². The first-order valence-corrected chi connectivity index (χ1v) is 7.61. The van der Waals surface area contributed by atoms with Crippen molar-refractivity contribution in [3.63, 3.8) is 0 Å². The van der Waals surface area contributed by atoms with Gasteiger partial charge in [0.25, 0.3) is 0 Å². The summed E-state index contributed by atoms with van der Waals surface area (Å²) in [5.41, 5.74) is 4.50. The van der Waals surface area contributed by atoms with Crippen molar-refractivity contribution < 1.29 is 0 Å². The Balaban J connectivity index is 1.81. The van der Waals surface area contributed by atoms with Gasteiger partial charge in [-0.1, -0.05) is 30.3 Å². The Morgan fingerprint density at radius 3 is 2.38 bits per heavy atom. The Kier molecular flexibility index (Phi) is 3.26. The first-order chi connectivity index (χ1) is 11.6. The third kappa shape index (κ3) is 2.30. The quantitative estimate of drug-likeness (QED) is 0.628. The van der Waals surface area contributed by atoms with E-state index < -0.39 is 0 Å². The summed E-state index contributed by atoms with van der Waals surface area (Å²) in [6.45, 7) is 0. The van der Waals surface area contributed by atoms with Crippen LogP contribution >= 0.6 is 0 Å². The molecule has 0 aliphatic carbocycles. The van der Waals surface area contributed by atoms with Gasteiger partial charge in [0.1, 0.15) is 17.0 Å². The molecule has 0 aliphatic heterocycles. The lowest BCUT2D eigenvalue weighted by Crippen LogP contribution is -2.12. The Bertz CT molecular complexity index is 981. The monoisotopic (exact) mass is 319 g/mol. The molecule has 0 unspecified atom stereocenters. The van der Waals surface area contributed by atoms with E-state index in [0.29, 0.717) is 5.95 Å². The summed E-state index contributed by atoms with van der Waals surface area (Å²) in [6.07, 6.45) is 3.55. The van der Waals surface area contributed by atoms with Crippen LogP contribution in [0, 0.1) is 0 Å². The molecule has 3 heterocycles. The highest BCUT2D eigenvalue weighted by molar-refractivity contribution is 5.90. The van der Waals surface area contributed by atoms with Gasteiger partial charge < -0.3 is 9.88 Å². The molecule has 4 aromatic rings. The molecule has 0 saturated heterocycles. The summed E-state index contributed by atoms with van der Waals surface area (Å²) in [5.74, 6) is 1.40. The molecule has 0 amide bonds. The van der Waals surface area contributed by atoms with Gasteiger partial charge in [-0.2, -0.15) is 5.10 Å². The number of aromatic amines is 1. The molecule has 7 heteroatoms. The average Bonchev–Trinajstić information content (AvgIpc) is 3.17. The molecular weight excluding hydrogens is 302 g/mol. The van der Waals surface area contributed by atoms with Gasteiger partial charge in [0.2, 0.25) is 5.95 Å². The Morgan fingerprint density at radius 2 is 1.71 bits per heavy atom. The van der Waals surface area contributed by atoms with Crippen molar-refractivity contribution in [1.82, 2.24) is 29.7 Å². The first-order valence-electron chi connectivity index (χ1n) is 7.61. The lowest BCUT2D eigenvalue weighted by Gasteiger charge is -2.08. The van der Waals surface area contributed by atoms with Crippen LogP contribution in [0.5, 0.6) is 0 Å². The van der Waals surface area contributed by atoms with Crippen molar-refractivity contribution in [2.75, 3.05) is 19.0 Å². The zero-order chi connectivity index (χ0) is 16.7. The highest BCUT2D eigenvalue weighted by Gasteiger charge is 2.16. The molecule has 0 aliphatic rings.